The smallest absolute Gasteiger partial charge is 0.238 e. The van der Waals surface area contributed by atoms with Gasteiger partial charge in [0.2, 0.25) is 5.88 Å². The van der Waals surface area contributed by atoms with Crippen LogP contribution in [0.15, 0.2) is 35.1 Å². The number of hydrogen-bond acceptors (Lipinski definition) is 4. The molecule has 0 unspecified atom stereocenters. The molecule has 2 rings (SSSR count). The molecular formula is C13H12BrClN2O2. The average Bonchev–Trinajstić information content (AvgIpc) is 2.43. The molecule has 1 aromatic carbocycles. The number of benzene rings is 1. The molecule has 0 fully saturated rings. The Balaban J connectivity index is 2.09. The normalized spacial score (nSPS) is 10.5. The van der Waals surface area contributed by atoms with Crippen molar-refractivity contribution in [3.63, 3.8) is 0 Å². The van der Waals surface area contributed by atoms with Gasteiger partial charge in [-0.05, 0) is 40.0 Å². The molecule has 0 N–H and O–H groups in total. The zero-order chi connectivity index (χ0) is 13.7. The van der Waals surface area contributed by atoms with E-state index in [1.165, 1.54) is 11.9 Å². The van der Waals surface area contributed by atoms with Crippen LogP contribution in [0.1, 0.15) is 5.56 Å². The second-order valence-corrected chi connectivity index (χ2v) is 4.92. The van der Waals surface area contributed by atoms with Gasteiger partial charge >= 0.3 is 0 Å². The first kappa shape index (κ1) is 14.2. The summed E-state index contributed by atoms with van der Waals surface area (Å²) in [6, 6.07) is 7.75. The third kappa shape index (κ3) is 3.89. The first-order valence-corrected chi connectivity index (χ1v) is 6.79. The fraction of sp³-hybridized carbons (Fsp3) is 0.231. The van der Waals surface area contributed by atoms with Crippen molar-refractivity contribution >= 4 is 27.5 Å². The van der Waals surface area contributed by atoms with E-state index in [4.69, 9.17) is 21.1 Å². The van der Waals surface area contributed by atoms with E-state index in [0.717, 1.165) is 6.42 Å². The van der Waals surface area contributed by atoms with Crippen LogP contribution in [0.4, 0.5) is 0 Å². The van der Waals surface area contributed by atoms with E-state index in [0.29, 0.717) is 27.9 Å². The van der Waals surface area contributed by atoms with Crippen LogP contribution >= 0.6 is 27.5 Å². The minimum atomic E-state index is 0.321. The highest BCUT2D eigenvalue weighted by molar-refractivity contribution is 9.10. The first-order chi connectivity index (χ1) is 9.20. The molecular weight excluding hydrogens is 332 g/mol. The Morgan fingerprint density at radius 1 is 1.21 bits per heavy atom. The predicted octanol–water partition coefficient (Wildman–Crippen LogP) is 3.87. The van der Waals surface area contributed by atoms with Crippen molar-refractivity contribution in [3.8, 4) is 11.6 Å². The van der Waals surface area contributed by atoms with Gasteiger partial charge < -0.3 is 9.47 Å². The molecule has 19 heavy (non-hydrogen) atoms. The lowest BCUT2D eigenvalue weighted by Crippen LogP contribution is -1.95. The molecule has 0 radical (unpaired) electrons. The zero-order valence-electron chi connectivity index (χ0n) is 10.3. The first-order valence-electron chi connectivity index (χ1n) is 5.62. The maximum absolute atomic E-state index is 5.87. The summed E-state index contributed by atoms with van der Waals surface area (Å²) in [5.41, 5.74) is 1.19. The number of methoxy groups -OCH3 is 1. The number of rotatable bonds is 5. The minimum Gasteiger partial charge on any atom is -0.438 e. The van der Waals surface area contributed by atoms with Gasteiger partial charge in [0.15, 0.2) is 5.15 Å². The molecule has 0 saturated carbocycles. The largest absolute Gasteiger partial charge is 0.438 e. The topological polar surface area (TPSA) is 44.2 Å². The third-order valence-corrected chi connectivity index (χ3v) is 3.68. The molecule has 4 nitrogen and oxygen atoms in total. The van der Waals surface area contributed by atoms with E-state index >= 15 is 0 Å². The zero-order valence-corrected chi connectivity index (χ0v) is 12.6. The summed E-state index contributed by atoms with van der Waals surface area (Å²) in [5.74, 6) is 1.08. The standard InChI is InChI=1S/C13H12BrClN2O2/c1-18-7-6-9-2-4-10(5-3-9)19-13-11(14)12(15)16-8-17-13/h2-5,8H,6-7H2,1H3. The summed E-state index contributed by atoms with van der Waals surface area (Å²) in [7, 11) is 1.69. The second-order valence-electron chi connectivity index (χ2n) is 3.77. The van der Waals surface area contributed by atoms with Crippen molar-refractivity contribution in [1.82, 2.24) is 9.97 Å². The Labute approximate surface area is 124 Å². The Morgan fingerprint density at radius 3 is 2.63 bits per heavy atom. The minimum absolute atomic E-state index is 0.321. The molecule has 6 heteroatoms. The van der Waals surface area contributed by atoms with E-state index in [2.05, 4.69) is 25.9 Å². The lowest BCUT2D eigenvalue weighted by atomic mass is 10.1. The third-order valence-electron chi connectivity index (χ3n) is 2.45. The van der Waals surface area contributed by atoms with Crippen LogP contribution in [0, 0.1) is 0 Å². The summed E-state index contributed by atoms with van der Waals surface area (Å²) >= 11 is 9.16. The van der Waals surface area contributed by atoms with Gasteiger partial charge in [-0.25, -0.2) is 9.97 Å². The molecule has 0 aliphatic carbocycles. The van der Waals surface area contributed by atoms with Gasteiger partial charge in [-0.15, -0.1) is 0 Å². The Morgan fingerprint density at radius 2 is 1.95 bits per heavy atom. The Kier molecular flexibility index (Phi) is 5.13. The average molecular weight is 344 g/mol. The monoisotopic (exact) mass is 342 g/mol. The molecule has 100 valence electrons. The van der Waals surface area contributed by atoms with Crippen LogP contribution in [0.25, 0.3) is 0 Å². The fourth-order valence-corrected chi connectivity index (χ4v) is 1.87. The number of halogens is 2. The van der Waals surface area contributed by atoms with Crippen molar-refractivity contribution in [2.75, 3.05) is 13.7 Å². The SMILES string of the molecule is COCCc1ccc(Oc2ncnc(Cl)c2Br)cc1. The highest BCUT2D eigenvalue weighted by Gasteiger charge is 2.08. The Bertz CT molecular complexity index is 549. The Hall–Kier alpha value is -1.17. The summed E-state index contributed by atoms with van der Waals surface area (Å²) in [6.07, 6.45) is 2.23. The molecule has 0 spiro atoms. The molecule has 0 bridgehead atoms. The van der Waals surface area contributed by atoms with Crippen molar-refractivity contribution in [2.24, 2.45) is 0 Å². The highest BCUT2D eigenvalue weighted by atomic mass is 79.9. The van der Waals surface area contributed by atoms with Crippen molar-refractivity contribution in [2.45, 2.75) is 6.42 Å². The van der Waals surface area contributed by atoms with Gasteiger partial charge in [-0.1, -0.05) is 23.7 Å². The summed E-state index contributed by atoms with van der Waals surface area (Å²) in [4.78, 5) is 7.86. The van der Waals surface area contributed by atoms with Gasteiger partial charge in [-0.3, -0.25) is 0 Å². The van der Waals surface area contributed by atoms with Gasteiger partial charge in [0.25, 0.3) is 0 Å². The maximum atomic E-state index is 5.87. The molecule has 0 aliphatic rings. The molecule has 0 aliphatic heterocycles. The molecule has 1 aromatic heterocycles. The predicted molar refractivity (Wildman–Crippen MR) is 76.8 cm³/mol. The quantitative estimate of drug-likeness (QED) is 0.773. The second kappa shape index (κ2) is 6.84. The molecule has 0 amide bonds. The summed E-state index contributed by atoms with van der Waals surface area (Å²) < 4.78 is 11.2. The number of ether oxygens (including phenoxy) is 2. The van der Waals surface area contributed by atoms with E-state index in [1.54, 1.807) is 7.11 Å². The van der Waals surface area contributed by atoms with Crippen LogP contribution < -0.4 is 4.74 Å². The van der Waals surface area contributed by atoms with Crippen LogP contribution in [0.3, 0.4) is 0 Å². The van der Waals surface area contributed by atoms with Gasteiger partial charge in [0.1, 0.15) is 16.5 Å². The number of hydrogen-bond donors (Lipinski definition) is 0. The highest BCUT2D eigenvalue weighted by Crippen LogP contribution is 2.31. The number of nitrogens with zero attached hydrogens (tertiary/aromatic N) is 2. The summed E-state index contributed by atoms with van der Waals surface area (Å²) in [5, 5.41) is 0.321. The van der Waals surface area contributed by atoms with Gasteiger partial charge in [-0.2, -0.15) is 0 Å². The van der Waals surface area contributed by atoms with Crippen LogP contribution in [-0.4, -0.2) is 23.7 Å². The van der Waals surface area contributed by atoms with Crippen LogP contribution in [0.2, 0.25) is 5.15 Å². The van der Waals surface area contributed by atoms with Gasteiger partial charge in [0.05, 0.1) is 6.61 Å². The molecule has 2 aromatic rings. The van der Waals surface area contributed by atoms with Crippen molar-refractivity contribution < 1.29 is 9.47 Å². The molecule has 0 atom stereocenters. The van der Waals surface area contributed by atoms with Crippen molar-refractivity contribution in [3.05, 3.63) is 45.8 Å². The number of aromatic nitrogens is 2. The van der Waals surface area contributed by atoms with Crippen LogP contribution in [0.5, 0.6) is 11.6 Å². The van der Waals surface area contributed by atoms with Gasteiger partial charge in [0, 0.05) is 7.11 Å². The summed E-state index contributed by atoms with van der Waals surface area (Å²) in [6.45, 7) is 0.702. The lowest BCUT2D eigenvalue weighted by Gasteiger charge is -2.07. The van der Waals surface area contributed by atoms with E-state index < -0.39 is 0 Å². The van der Waals surface area contributed by atoms with E-state index in [1.807, 2.05) is 24.3 Å². The molecule has 1 heterocycles. The van der Waals surface area contributed by atoms with E-state index in [-0.39, 0.29) is 0 Å². The lowest BCUT2D eigenvalue weighted by molar-refractivity contribution is 0.202. The molecule has 0 saturated heterocycles. The fourth-order valence-electron chi connectivity index (χ4n) is 1.46. The van der Waals surface area contributed by atoms with E-state index in [9.17, 15) is 0 Å². The van der Waals surface area contributed by atoms with Crippen molar-refractivity contribution in [1.29, 1.82) is 0 Å². The maximum Gasteiger partial charge on any atom is 0.238 e. The van der Waals surface area contributed by atoms with Crippen LogP contribution in [-0.2, 0) is 11.2 Å².